The van der Waals surface area contributed by atoms with E-state index in [0.29, 0.717) is 0 Å². The highest BCUT2D eigenvalue weighted by atomic mass is 16.6. The normalized spacial score (nSPS) is 24.9. The van der Waals surface area contributed by atoms with Gasteiger partial charge in [-0.05, 0) is 13.8 Å². The third-order valence-electron chi connectivity index (χ3n) is 3.56. The lowest BCUT2D eigenvalue weighted by molar-refractivity contribution is -0.115. The molecule has 1 saturated heterocycles. The zero-order chi connectivity index (χ0) is 20.2. The first-order chi connectivity index (χ1) is 12.0. The van der Waals surface area contributed by atoms with Gasteiger partial charge in [-0.3, -0.25) is 9.36 Å². The maximum Gasteiger partial charge on any atom is 0.351 e. The van der Waals surface area contributed by atoms with Gasteiger partial charge in [-0.25, -0.2) is 4.79 Å². The highest BCUT2D eigenvalue weighted by Gasteiger charge is 2.44. The number of rotatable bonds is 4. The number of carbonyl (C=O) groups excluding carboxylic acids is 2. The summed E-state index contributed by atoms with van der Waals surface area (Å²) in [6.45, 7) is 5.87. The molecule has 0 amide bonds. The molecule has 1 aromatic heterocycles. The predicted octanol–water partition coefficient (Wildman–Crippen LogP) is -1.13. The van der Waals surface area contributed by atoms with Crippen LogP contribution in [0.2, 0.25) is 0 Å². The van der Waals surface area contributed by atoms with Crippen molar-refractivity contribution in [1.82, 2.24) is 9.55 Å². The number of nitrogens with zero attached hydrogens (tertiary/aromatic N) is 2. The van der Waals surface area contributed by atoms with E-state index in [1.54, 1.807) is 13.8 Å². The molecule has 5 N–H and O–H groups in total. The van der Waals surface area contributed by atoms with Crippen molar-refractivity contribution >= 4 is 17.4 Å². The van der Waals surface area contributed by atoms with Gasteiger partial charge in [0.05, 0.1) is 12.2 Å². The lowest BCUT2D eigenvalue weighted by atomic mass is 10.0. The van der Waals surface area contributed by atoms with Crippen LogP contribution in [0.1, 0.15) is 44.3 Å². The third-order valence-corrected chi connectivity index (χ3v) is 3.56. The summed E-state index contributed by atoms with van der Waals surface area (Å²) < 4.78 is 6.16. The van der Waals surface area contributed by atoms with Crippen LogP contribution in [-0.2, 0) is 9.53 Å². The molecule has 1 aliphatic heterocycles. The molecule has 0 unspecified atom stereocenters. The Morgan fingerprint density at radius 1 is 1.31 bits per heavy atom. The van der Waals surface area contributed by atoms with Crippen LogP contribution < -0.4 is 11.4 Å². The fraction of sp³-hybridized carbons (Fsp3) is 0.625. The summed E-state index contributed by atoms with van der Waals surface area (Å²) in [7, 11) is 0. The van der Waals surface area contributed by atoms with Gasteiger partial charge in [0.2, 0.25) is 0 Å². The molecule has 0 aromatic carbocycles. The van der Waals surface area contributed by atoms with Crippen LogP contribution in [0.25, 0.3) is 0 Å². The number of nitrogens with two attached hydrogens (primary N) is 1. The average molecular weight is 371 g/mol. The molecule has 2 heterocycles. The van der Waals surface area contributed by atoms with E-state index in [1.165, 1.54) is 13.8 Å². The number of ether oxygens (including phenoxy) is 1. The van der Waals surface area contributed by atoms with E-state index in [1.807, 2.05) is 0 Å². The molecule has 26 heavy (non-hydrogen) atoms. The molecule has 4 atom stereocenters. The summed E-state index contributed by atoms with van der Waals surface area (Å²) in [6.07, 6.45) is -3.93. The van der Waals surface area contributed by atoms with Gasteiger partial charge in [0.1, 0.15) is 29.9 Å². The second kappa shape index (κ2) is 8.99. The van der Waals surface area contributed by atoms with Crippen LogP contribution in [-0.4, -0.2) is 61.4 Å². The number of hydrogen-bond donors (Lipinski definition) is 4. The van der Waals surface area contributed by atoms with E-state index in [9.17, 15) is 24.6 Å². The Balaban J connectivity index is 0.000000765. The van der Waals surface area contributed by atoms with Gasteiger partial charge < -0.3 is 30.6 Å². The zero-order valence-corrected chi connectivity index (χ0v) is 15.1. The minimum Gasteiger partial charge on any atom is -0.394 e. The zero-order valence-electron chi connectivity index (χ0n) is 15.1. The maximum absolute atomic E-state index is 12.1. The van der Waals surface area contributed by atoms with Gasteiger partial charge >= 0.3 is 5.69 Å². The van der Waals surface area contributed by atoms with Gasteiger partial charge in [-0.1, -0.05) is 13.8 Å². The first-order valence-corrected chi connectivity index (χ1v) is 8.03. The first-order valence-electron chi connectivity index (χ1n) is 8.03. The molecule has 2 rings (SSSR count). The number of anilines is 1. The fourth-order valence-electron chi connectivity index (χ4n) is 2.27. The average Bonchev–Trinajstić information content (AvgIpc) is 2.82. The number of Topliss-reactive ketones (excluding diaryl/α,β-unsaturated/α-hetero) is 2. The minimum absolute atomic E-state index is 0.0346. The molecule has 0 bridgehead atoms. The van der Waals surface area contributed by atoms with Gasteiger partial charge in [-0.2, -0.15) is 4.98 Å². The summed E-state index contributed by atoms with van der Waals surface area (Å²) in [4.78, 5) is 37.0. The van der Waals surface area contributed by atoms with Crippen LogP contribution in [0.3, 0.4) is 0 Å². The van der Waals surface area contributed by atoms with E-state index in [4.69, 9.17) is 15.6 Å². The predicted molar refractivity (Wildman–Crippen MR) is 91.4 cm³/mol. The van der Waals surface area contributed by atoms with Crippen LogP contribution in [0.4, 0.5) is 5.82 Å². The van der Waals surface area contributed by atoms with E-state index < -0.39 is 36.8 Å². The van der Waals surface area contributed by atoms with Crippen molar-refractivity contribution < 1.29 is 29.6 Å². The van der Waals surface area contributed by atoms with Crippen molar-refractivity contribution in [2.45, 2.75) is 52.2 Å². The van der Waals surface area contributed by atoms with Crippen LogP contribution in [0.15, 0.2) is 11.0 Å². The summed E-state index contributed by atoms with van der Waals surface area (Å²) in [6, 6.07) is 0. The SMILES string of the molecule is CC(C)=O.CC(C)C(=O)c1cn([C@@H]2O[C@H](CO)[C@@H](O)[C@H]2O)c(=O)nc1N. The number of aliphatic hydroxyl groups is 3. The molecule has 0 aliphatic carbocycles. The molecular formula is C16H25N3O7. The summed E-state index contributed by atoms with van der Waals surface area (Å²) in [5, 5.41) is 28.8. The lowest BCUT2D eigenvalue weighted by Crippen LogP contribution is -2.37. The smallest absolute Gasteiger partial charge is 0.351 e. The Kier molecular flexibility index (Phi) is 7.57. The van der Waals surface area contributed by atoms with Crippen molar-refractivity contribution in [2.24, 2.45) is 5.92 Å². The Morgan fingerprint density at radius 2 is 1.85 bits per heavy atom. The molecule has 10 heteroatoms. The second-order valence-corrected chi connectivity index (χ2v) is 6.39. The van der Waals surface area contributed by atoms with Crippen LogP contribution in [0, 0.1) is 5.92 Å². The molecule has 10 nitrogen and oxygen atoms in total. The Hall–Kier alpha value is -2.14. The fourth-order valence-corrected chi connectivity index (χ4v) is 2.27. The van der Waals surface area contributed by atoms with Crippen LogP contribution >= 0.6 is 0 Å². The van der Waals surface area contributed by atoms with Gasteiger partial charge in [-0.15, -0.1) is 0 Å². The Morgan fingerprint density at radius 3 is 2.27 bits per heavy atom. The standard InChI is InChI=1S/C13H19N3O6.C3H6O/c1-5(2)8(18)6-3-16(13(21)15-11(6)14)12-10(20)9(19)7(4-17)22-12;1-3(2)4/h3,5,7,9-10,12,17,19-20H,4H2,1-2H3,(H2,14,15,21);1-2H3/t7-,9-,10-,12-;/m1./s1. The van der Waals surface area contributed by atoms with Crippen molar-refractivity contribution in [3.8, 4) is 0 Å². The quantitative estimate of drug-likeness (QED) is 0.479. The number of aliphatic hydroxyl groups excluding tert-OH is 3. The maximum atomic E-state index is 12.1. The second-order valence-electron chi connectivity index (χ2n) is 6.39. The molecule has 146 valence electrons. The number of ketones is 2. The van der Waals surface area contributed by atoms with E-state index in [0.717, 1.165) is 10.8 Å². The minimum atomic E-state index is -1.44. The number of nitrogen functional groups attached to an aromatic ring is 1. The number of hydrogen-bond acceptors (Lipinski definition) is 9. The largest absolute Gasteiger partial charge is 0.394 e. The van der Waals surface area contributed by atoms with Gasteiger partial charge in [0.25, 0.3) is 0 Å². The molecule has 0 spiro atoms. The first kappa shape index (κ1) is 21.9. The molecule has 0 radical (unpaired) electrons. The van der Waals surface area contributed by atoms with Crippen molar-refractivity contribution in [3.63, 3.8) is 0 Å². The summed E-state index contributed by atoms with van der Waals surface area (Å²) >= 11 is 0. The van der Waals surface area contributed by atoms with Crippen LogP contribution in [0.5, 0.6) is 0 Å². The Labute approximate surface area is 150 Å². The third kappa shape index (κ3) is 4.94. The molecule has 0 saturated carbocycles. The molecule has 1 fully saturated rings. The highest BCUT2D eigenvalue weighted by molar-refractivity contribution is 6.00. The van der Waals surface area contributed by atoms with E-state index in [2.05, 4.69) is 4.98 Å². The lowest BCUT2D eigenvalue weighted by Gasteiger charge is -2.18. The van der Waals surface area contributed by atoms with E-state index in [-0.39, 0.29) is 28.9 Å². The molecule has 1 aliphatic rings. The summed E-state index contributed by atoms with van der Waals surface area (Å²) in [5.41, 5.74) is 4.81. The van der Waals surface area contributed by atoms with Crippen molar-refractivity contribution in [1.29, 1.82) is 0 Å². The molecule has 1 aromatic rings. The van der Waals surface area contributed by atoms with E-state index >= 15 is 0 Å². The monoisotopic (exact) mass is 371 g/mol. The number of carbonyl (C=O) groups is 2. The molecular weight excluding hydrogens is 346 g/mol. The highest BCUT2D eigenvalue weighted by Crippen LogP contribution is 2.28. The van der Waals surface area contributed by atoms with Crippen molar-refractivity contribution in [2.75, 3.05) is 12.3 Å². The topological polar surface area (TPSA) is 165 Å². The van der Waals surface area contributed by atoms with Gasteiger partial charge in [0, 0.05) is 12.1 Å². The van der Waals surface area contributed by atoms with Gasteiger partial charge in [0.15, 0.2) is 12.0 Å². The van der Waals surface area contributed by atoms with Crippen molar-refractivity contribution in [3.05, 3.63) is 22.2 Å². The Bertz CT molecular complexity index is 712. The summed E-state index contributed by atoms with van der Waals surface area (Å²) in [5.74, 6) is -0.711. The number of aromatic nitrogens is 2.